The third kappa shape index (κ3) is 2.62. The first-order valence-electron chi connectivity index (χ1n) is 5.75. The van der Waals surface area contributed by atoms with Crippen molar-refractivity contribution in [2.45, 2.75) is 12.1 Å². The maximum atomic E-state index is 14.1. The standard InChI is InChI=1S/C12H17FN2O3/c1-16-9-4-2-3-8(11(9)13)12(15-14)10-7-17-5-6-18-10/h2-4,10,12,15H,5-7,14H2,1H3. The van der Waals surface area contributed by atoms with Crippen LogP contribution in [0.25, 0.3) is 0 Å². The zero-order chi connectivity index (χ0) is 13.0. The molecule has 1 aliphatic rings. The van der Waals surface area contributed by atoms with Crippen molar-refractivity contribution in [3.05, 3.63) is 29.6 Å². The molecule has 0 aliphatic carbocycles. The highest BCUT2D eigenvalue weighted by molar-refractivity contribution is 5.33. The Hall–Kier alpha value is -1.21. The van der Waals surface area contributed by atoms with E-state index in [2.05, 4.69) is 5.43 Å². The molecule has 2 rings (SSSR count). The molecule has 2 atom stereocenters. The monoisotopic (exact) mass is 256 g/mol. The van der Waals surface area contributed by atoms with Gasteiger partial charge < -0.3 is 14.2 Å². The third-order valence-electron chi connectivity index (χ3n) is 2.94. The van der Waals surface area contributed by atoms with Crippen molar-refractivity contribution >= 4 is 0 Å². The molecule has 5 nitrogen and oxygen atoms in total. The maximum Gasteiger partial charge on any atom is 0.169 e. The van der Waals surface area contributed by atoms with Crippen molar-refractivity contribution in [3.63, 3.8) is 0 Å². The van der Waals surface area contributed by atoms with Gasteiger partial charge in [-0.3, -0.25) is 11.3 Å². The second-order valence-corrected chi connectivity index (χ2v) is 3.99. The van der Waals surface area contributed by atoms with Gasteiger partial charge in [0, 0.05) is 5.56 Å². The Kier molecular flexibility index (Phi) is 4.48. The summed E-state index contributed by atoms with van der Waals surface area (Å²) in [7, 11) is 1.42. The van der Waals surface area contributed by atoms with Crippen LogP contribution in [-0.2, 0) is 9.47 Å². The molecule has 1 aromatic rings. The van der Waals surface area contributed by atoms with E-state index in [1.807, 2.05) is 0 Å². The van der Waals surface area contributed by atoms with Crippen LogP contribution < -0.4 is 16.0 Å². The molecule has 2 unspecified atom stereocenters. The Bertz CT molecular complexity index is 397. The number of methoxy groups -OCH3 is 1. The summed E-state index contributed by atoms with van der Waals surface area (Å²) >= 11 is 0. The summed E-state index contributed by atoms with van der Waals surface area (Å²) in [4.78, 5) is 0. The molecule has 0 radical (unpaired) electrons. The first-order valence-corrected chi connectivity index (χ1v) is 5.75. The molecule has 18 heavy (non-hydrogen) atoms. The third-order valence-corrected chi connectivity index (χ3v) is 2.94. The maximum absolute atomic E-state index is 14.1. The Morgan fingerprint density at radius 3 is 2.94 bits per heavy atom. The van der Waals surface area contributed by atoms with E-state index in [1.54, 1.807) is 18.2 Å². The minimum absolute atomic E-state index is 0.185. The van der Waals surface area contributed by atoms with Gasteiger partial charge in [0.25, 0.3) is 0 Å². The van der Waals surface area contributed by atoms with Gasteiger partial charge in [0.05, 0.1) is 33.0 Å². The Balaban J connectivity index is 2.26. The lowest BCUT2D eigenvalue weighted by Gasteiger charge is -2.30. The van der Waals surface area contributed by atoms with E-state index in [0.29, 0.717) is 25.4 Å². The van der Waals surface area contributed by atoms with Crippen LogP contribution in [0.4, 0.5) is 4.39 Å². The van der Waals surface area contributed by atoms with Gasteiger partial charge in [-0.15, -0.1) is 0 Å². The van der Waals surface area contributed by atoms with Crippen molar-refractivity contribution in [2.75, 3.05) is 26.9 Å². The van der Waals surface area contributed by atoms with Crippen molar-refractivity contribution in [3.8, 4) is 5.75 Å². The van der Waals surface area contributed by atoms with Gasteiger partial charge in [0.1, 0.15) is 6.10 Å². The summed E-state index contributed by atoms with van der Waals surface area (Å²) in [5, 5.41) is 0. The van der Waals surface area contributed by atoms with Crippen molar-refractivity contribution < 1.29 is 18.6 Å². The minimum atomic E-state index is -0.472. The average molecular weight is 256 g/mol. The second kappa shape index (κ2) is 6.10. The predicted molar refractivity (Wildman–Crippen MR) is 63.6 cm³/mol. The van der Waals surface area contributed by atoms with E-state index in [1.165, 1.54) is 7.11 Å². The van der Waals surface area contributed by atoms with Crippen molar-refractivity contribution in [1.29, 1.82) is 0 Å². The fraction of sp³-hybridized carbons (Fsp3) is 0.500. The van der Waals surface area contributed by atoms with Gasteiger partial charge in [0.2, 0.25) is 0 Å². The number of hydrogen-bond donors (Lipinski definition) is 2. The van der Waals surface area contributed by atoms with Crippen LogP contribution >= 0.6 is 0 Å². The Morgan fingerprint density at radius 1 is 1.50 bits per heavy atom. The SMILES string of the molecule is COc1cccc(C(NN)C2COCCO2)c1F. The molecule has 0 spiro atoms. The summed E-state index contributed by atoms with van der Waals surface area (Å²) in [6.07, 6.45) is -0.314. The molecule has 1 aromatic carbocycles. The average Bonchev–Trinajstić information content (AvgIpc) is 2.43. The first-order chi connectivity index (χ1) is 8.77. The van der Waals surface area contributed by atoms with E-state index >= 15 is 0 Å². The molecule has 1 fully saturated rings. The molecular formula is C12H17FN2O3. The number of ether oxygens (including phenoxy) is 3. The van der Waals surface area contributed by atoms with Crippen LogP contribution in [0.2, 0.25) is 0 Å². The normalized spacial score (nSPS) is 21.6. The van der Waals surface area contributed by atoms with Crippen LogP contribution in [0.15, 0.2) is 18.2 Å². The van der Waals surface area contributed by atoms with Gasteiger partial charge in [-0.1, -0.05) is 12.1 Å². The molecule has 0 aromatic heterocycles. The molecule has 1 heterocycles. The number of halogens is 1. The molecular weight excluding hydrogens is 239 g/mol. The largest absolute Gasteiger partial charge is 0.494 e. The fourth-order valence-corrected chi connectivity index (χ4v) is 2.02. The van der Waals surface area contributed by atoms with Crippen molar-refractivity contribution in [2.24, 2.45) is 5.84 Å². The van der Waals surface area contributed by atoms with Gasteiger partial charge in [0.15, 0.2) is 11.6 Å². The molecule has 1 saturated heterocycles. The zero-order valence-electron chi connectivity index (χ0n) is 10.2. The molecule has 3 N–H and O–H groups in total. The molecule has 0 bridgehead atoms. The van der Waals surface area contributed by atoms with Crippen LogP contribution in [0, 0.1) is 5.82 Å². The zero-order valence-corrected chi connectivity index (χ0v) is 10.2. The molecule has 100 valence electrons. The number of rotatable bonds is 4. The minimum Gasteiger partial charge on any atom is -0.494 e. The summed E-state index contributed by atoms with van der Waals surface area (Å²) in [5.41, 5.74) is 2.99. The number of nitrogens with one attached hydrogen (secondary N) is 1. The van der Waals surface area contributed by atoms with E-state index in [-0.39, 0.29) is 11.9 Å². The fourth-order valence-electron chi connectivity index (χ4n) is 2.02. The Morgan fingerprint density at radius 2 is 2.33 bits per heavy atom. The van der Waals surface area contributed by atoms with Crippen molar-refractivity contribution in [1.82, 2.24) is 5.43 Å². The molecule has 0 amide bonds. The van der Waals surface area contributed by atoms with E-state index in [4.69, 9.17) is 20.1 Å². The topological polar surface area (TPSA) is 65.7 Å². The lowest BCUT2D eigenvalue weighted by atomic mass is 10.0. The smallest absolute Gasteiger partial charge is 0.169 e. The first kappa shape index (κ1) is 13.2. The predicted octanol–water partition coefficient (Wildman–Crippen LogP) is 0.754. The number of hydrogen-bond acceptors (Lipinski definition) is 5. The van der Waals surface area contributed by atoms with Crippen LogP contribution in [0.5, 0.6) is 5.75 Å². The summed E-state index contributed by atoms with van der Waals surface area (Å²) in [6.45, 7) is 1.41. The lowest BCUT2D eigenvalue weighted by molar-refractivity contribution is -0.103. The summed E-state index contributed by atoms with van der Waals surface area (Å²) in [6, 6.07) is 4.45. The molecule has 6 heteroatoms. The summed E-state index contributed by atoms with van der Waals surface area (Å²) in [5.74, 6) is 5.25. The van der Waals surface area contributed by atoms with Gasteiger partial charge in [-0.05, 0) is 6.07 Å². The van der Waals surface area contributed by atoms with E-state index in [0.717, 1.165) is 0 Å². The van der Waals surface area contributed by atoms with E-state index in [9.17, 15) is 4.39 Å². The van der Waals surface area contributed by atoms with Crippen LogP contribution in [-0.4, -0.2) is 33.0 Å². The highest BCUT2D eigenvalue weighted by Gasteiger charge is 2.28. The lowest BCUT2D eigenvalue weighted by Crippen LogP contribution is -2.43. The van der Waals surface area contributed by atoms with Gasteiger partial charge in [-0.2, -0.15) is 0 Å². The second-order valence-electron chi connectivity index (χ2n) is 3.99. The van der Waals surface area contributed by atoms with Crippen LogP contribution in [0.3, 0.4) is 0 Å². The van der Waals surface area contributed by atoms with Gasteiger partial charge >= 0.3 is 0 Å². The molecule has 0 saturated carbocycles. The number of benzene rings is 1. The highest BCUT2D eigenvalue weighted by Crippen LogP contribution is 2.28. The van der Waals surface area contributed by atoms with Gasteiger partial charge in [-0.25, -0.2) is 4.39 Å². The molecule has 1 aliphatic heterocycles. The van der Waals surface area contributed by atoms with Crippen LogP contribution in [0.1, 0.15) is 11.6 Å². The number of nitrogens with two attached hydrogens (primary N) is 1. The van der Waals surface area contributed by atoms with E-state index < -0.39 is 11.9 Å². The Labute approximate surface area is 105 Å². The summed E-state index contributed by atoms with van der Waals surface area (Å²) < 4.78 is 29.9. The quantitative estimate of drug-likeness (QED) is 0.615. The highest BCUT2D eigenvalue weighted by atomic mass is 19.1. The number of hydrazine groups is 1.